The standard InChI is InChI=1S/C8H13NO2S/c1-3-9-7(10)5-6(8(9)11)12-4-2/h5,8,11H,3-4H2,1-2H3. The Labute approximate surface area is 76.4 Å². The third kappa shape index (κ3) is 1.64. The summed E-state index contributed by atoms with van der Waals surface area (Å²) in [5.41, 5.74) is 0. The van der Waals surface area contributed by atoms with Gasteiger partial charge < -0.3 is 10.0 Å². The average Bonchev–Trinajstić information content (AvgIpc) is 2.29. The molecule has 0 bridgehead atoms. The van der Waals surface area contributed by atoms with Gasteiger partial charge >= 0.3 is 0 Å². The van der Waals surface area contributed by atoms with E-state index >= 15 is 0 Å². The molecule has 1 N–H and O–H groups in total. The van der Waals surface area contributed by atoms with Crippen molar-refractivity contribution >= 4 is 17.7 Å². The topological polar surface area (TPSA) is 40.5 Å². The maximum Gasteiger partial charge on any atom is 0.249 e. The number of likely N-dealkylation sites (N-methyl/N-ethyl adjacent to an activating group) is 1. The van der Waals surface area contributed by atoms with Crippen LogP contribution in [0.5, 0.6) is 0 Å². The first-order valence-corrected chi connectivity index (χ1v) is 5.02. The Morgan fingerprint density at radius 2 is 2.33 bits per heavy atom. The molecule has 0 radical (unpaired) electrons. The molecule has 3 nitrogen and oxygen atoms in total. The summed E-state index contributed by atoms with van der Waals surface area (Å²) in [6.07, 6.45) is 0.815. The molecule has 0 saturated carbocycles. The van der Waals surface area contributed by atoms with Gasteiger partial charge in [0.25, 0.3) is 0 Å². The van der Waals surface area contributed by atoms with E-state index in [9.17, 15) is 9.90 Å². The molecular weight excluding hydrogens is 174 g/mol. The van der Waals surface area contributed by atoms with Crippen molar-refractivity contribution in [3.8, 4) is 0 Å². The average molecular weight is 187 g/mol. The van der Waals surface area contributed by atoms with Crippen molar-refractivity contribution in [3.05, 3.63) is 11.0 Å². The summed E-state index contributed by atoms with van der Waals surface area (Å²) in [5, 5.41) is 9.57. The molecule has 1 amide bonds. The third-order valence-corrected chi connectivity index (χ3v) is 2.70. The zero-order valence-corrected chi connectivity index (χ0v) is 8.10. The van der Waals surface area contributed by atoms with Crippen LogP contribution >= 0.6 is 11.8 Å². The summed E-state index contributed by atoms with van der Waals surface area (Å²) in [5.74, 6) is 0.800. The molecule has 68 valence electrons. The predicted octanol–water partition coefficient (Wildman–Crippen LogP) is 0.804. The summed E-state index contributed by atoms with van der Waals surface area (Å²) in [7, 11) is 0. The lowest BCUT2D eigenvalue weighted by molar-refractivity contribution is -0.130. The quantitative estimate of drug-likeness (QED) is 0.710. The number of rotatable bonds is 3. The Balaban J connectivity index is 2.67. The van der Waals surface area contributed by atoms with Gasteiger partial charge in [0, 0.05) is 17.5 Å². The van der Waals surface area contributed by atoms with Gasteiger partial charge in [0.1, 0.15) is 0 Å². The first-order valence-electron chi connectivity index (χ1n) is 4.03. The molecule has 1 rings (SSSR count). The van der Waals surface area contributed by atoms with E-state index in [2.05, 4.69) is 0 Å². The molecule has 1 aliphatic heterocycles. The Hall–Kier alpha value is -0.480. The van der Waals surface area contributed by atoms with Crippen molar-refractivity contribution in [2.24, 2.45) is 0 Å². The molecule has 0 fully saturated rings. The van der Waals surface area contributed by atoms with Gasteiger partial charge in [-0.15, -0.1) is 11.8 Å². The van der Waals surface area contributed by atoms with Crippen LogP contribution in [0.3, 0.4) is 0 Å². The van der Waals surface area contributed by atoms with Gasteiger partial charge in [-0.1, -0.05) is 6.92 Å². The molecule has 0 aliphatic carbocycles. The Morgan fingerprint density at radius 3 is 2.75 bits per heavy atom. The van der Waals surface area contributed by atoms with E-state index in [1.807, 2.05) is 13.8 Å². The number of amides is 1. The van der Waals surface area contributed by atoms with Gasteiger partial charge in [0.2, 0.25) is 5.91 Å². The zero-order chi connectivity index (χ0) is 9.14. The second-order valence-corrected chi connectivity index (χ2v) is 3.82. The molecule has 4 heteroatoms. The molecule has 0 aromatic heterocycles. The lowest BCUT2D eigenvalue weighted by Gasteiger charge is -2.19. The van der Waals surface area contributed by atoms with E-state index < -0.39 is 6.23 Å². The van der Waals surface area contributed by atoms with Crippen LogP contribution in [-0.2, 0) is 4.79 Å². The molecule has 1 unspecified atom stereocenters. The van der Waals surface area contributed by atoms with Crippen LogP contribution in [-0.4, -0.2) is 34.4 Å². The lowest BCUT2D eigenvalue weighted by atomic mass is 10.5. The first kappa shape index (κ1) is 9.61. The summed E-state index contributed by atoms with van der Waals surface area (Å²) >= 11 is 1.52. The maximum absolute atomic E-state index is 11.2. The fraction of sp³-hybridized carbons (Fsp3) is 0.625. The van der Waals surface area contributed by atoms with Gasteiger partial charge in [-0.05, 0) is 12.7 Å². The summed E-state index contributed by atoms with van der Waals surface area (Å²) in [6, 6.07) is 0. The Bertz CT molecular complexity index is 215. The van der Waals surface area contributed by atoms with Crippen LogP contribution in [0.2, 0.25) is 0 Å². The third-order valence-electron chi connectivity index (χ3n) is 1.75. The van der Waals surface area contributed by atoms with E-state index in [1.54, 1.807) is 0 Å². The van der Waals surface area contributed by atoms with Gasteiger partial charge in [-0.25, -0.2) is 0 Å². The van der Waals surface area contributed by atoms with Crippen molar-refractivity contribution in [2.45, 2.75) is 20.1 Å². The Kier molecular flexibility index (Phi) is 3.17. The number of hydrogen-bond donors (Lipinski definition) is 1. The van der Waals surface area contributed by atoms with Crippen molar-refractivity contribution < 1.29 is 9.90 Å². The number of carbonyl (C=O) groups is 1. The smallest absolute Gasteiger partial charge is 0.249 e. The van der Waals surface area contributed by atoms with E-state index in [-0.39, 0.29) is 5.91 Å². The number of nitrogens with zero attached hydrogens (tertiary/aromatic N) is 1. The fourth-order valence-electron chi connectivity index (χ4n) is 1.16. The summed E-state index contributed by atoms with van der Waals surface area (Å²) in [4.78, 5) is 13.4. The summed E-state index contributed by atoms with van der Waals surface area (Å²) in [6.45, 7) is 4.41. The van der Waals surface area contributed by atoms with Crippen LogP contribution in [0.25, 0.3) is 0 Å². The normalized spacial score (nSPS) is 23.2. The van der Waals surface area contributed by atoms with E-state index in [1.165, 1.54) is 22.7 Å². The molecule has 1 aliphatic rings. The minimum atomic E-state index is -0.701. The molecule has 12 heavy (non-hydrogen) atoms. The number of aliphatic hydroxyl groups excluding tert-OH is 1. The molecule has 0 aromatic carbocycles. The fourth-order valence-corrected chi connectivity index (χ4v) is 1.96. The van der Waals surface area contributed by atoms with Crippen LogP contribution in [0.15, 0.2) is 11.0 Å². The zero-order valence-electron chi connectivity index (χ0n) is 7.28. The van der Waals surface area contributed by atoms with Gasteiger partial charge in [-0.2, -0.15) is 0 Å². The van der Waals surface area contributed by atoms with Crippen LogP contribution in [0.4, 0.5) is 0 Å². The molecular formula is C8H13NO2S. The monoisotopic (exact) mass is 187 g/mol. The van der Waals surface area contributed by atoms with Crippen molar-refractivity contribution in [1.29, 1.82) is 0 Å². The number of hydrogen-bond acceptors (Lipinski definition) is 3. The van der Waals surface area contributed by atoms with Crippen molar-refractivity contribution in [1.82, 2.24) is 4.90 Å². The summed E-state index contributed by atoms with van der Waals surface area (Å²) < 4.78 is 0. The molecule has 0 spiro atoms. The highest BCUT2D eigenvalue weighted by Gasteiger charge is 2.29. The highest BCUT2D eigenvalue weighted by Crippen LogP contribution is 2.26. The maximum atomic E-state index is 11.2. The molecule has 0 saturated heterocycles. The van der Waals surface area contributed by atoms with E-state index in [4.69, 9.17) is 0 Å². The highest BCUT2D eigenvalue weighted by atomic mass is 32.2. The number of thioether (sulfide) groups is 1. The highest BCUT2D eigenvalue weighted by molar-refractivity contribution is 8.03. The number of aliphatic hydroxyl groups is 1. The second-order valence-electron chi connectivity index (χ2n) is 2.48. The molecule has 1 heterocycles. The number of carbonyl (C=O) groups excluding carboxylic acids is 1. The minimum absolute atomic E-state index is 0.0825. The van der Waals surface area contributed by atoms with Crippen LogP contribution < -0.4 is 0 Å². The SMILES string of the molecule is CCSC1=CC(=O)N(CC)C1O. The second kappa shape index (κ2) is 3.96. The first-order chi connectivity index (χ1) is 5.70. The Morgan fingerprint density at radius 1 is 1.67 bits per heavy atom. The lowest BCUT2D eigenvalue weighted by Crippen LogP contribution is -2.34. The van der Waals surface area contributed by atoms with Crippen molar-refractivity contribution in [2.75, 3.05) is 12.3 Å². The molecule has 1 atom stereocenters. The van der Waals surface area contributed by atoms with Gasteiger partial charge in [-0.3, -0.25) is 4.79 Å². The van der Waals surface area contributed by atoms with E-state index in [0.29, 0.717) is 6.54 Å². The van der Waals surface area contributed by atoms with Crippen LogP contribution in [0, 0.1) is 0 Å². The minimum Gasteiger partial charge on any atom is -0.369 e. The predicted molar refractivity (Wildman–Crippen MR) is 49.6 cm³/mol. The van der Waals surface area contributed by atoms with E-state index in [0.717, 1.165) is 10.7 Å². The van der Waals surface area contributed by atoms with Crippen LogP contribution in [0.1, 0.15) is 13.8 Å². The molecule has 0 aromatic rings. The van der Waals surface area contributed by atoms with Gasteiger partial charge in [0.15, 0.2) is 6.23 Å². The largest absolute Gasteiger partial charge is 0.369 e. The van der Waals surface area contributed by atoms with Crippen molar-refractivity contribution in [3.63, 3.8) is 0 Å². The van der Waals surface area contributed by atoms with Gasteiger partial charge in [0.05, 0.1) is 0 Å².